The molecule has 0 saturated heterocycles. The molecule has 1 unspecified atom stereocenters. The fourth-order valence-corrected chi connectivity index (χ4v) is 3.23. The molecule has 4 nitrogen and oxygen atoms in total. The van der Waals surface area contributed by atoms with Crippen molar-refractivity contribution in [1.82, 2.24) is 9.55 Å². The number of nitrogens with zero attached hydrogens (tertiary/aromatic N) is 2. The van der Waals surface area contributed by atoms with Crippen molar-refractivity contribution in [3.63, 3.8) is 0 Å². The molecule has 0 spiro atoms. The predicted octanol–water partition coefficient (Wildman–Crippen LogP) is 3.58. The molecule has 0 aliphatic heterocycles. The zero-order valence-corrected chi connectivity index (χ0v) is 14.5. The van der Waals surface area contributed by atoms with Crippen LogP contribution in [0.5, 0.6) is 0 Å². The Bertz CT molecular complexity index is 907. The number of fused-ring (bicyclic) bond motifs is 1. The number of aromatic nitrogens is 2. The van der Waals surface area contributed by atoms with Crippen LogP contribution >= 0.6 is 0 Å². The van der Waals surface area contributed by atoms with Gasteiger partial charge in [0.15, 0.2) is 0 Å². The normalized spacial score (nSPS) is 12.5. The van der Waals surface area contributed by atoms with E-state index in [-0.39, 0.29) is 6.04 Å². The van der Waals surface area contributed by atoms with Gasteiger partial charge < -0.3 is 16.0 Å². The fraction of sp³-hybridized carbons (Fsp3) is 0.250. The minimum absolute atomic E-state index is 0.0710. The van der Waals surface area contributed by atoms with E-state index < -0.39 is 0 Å². The largest absolute Gasteiger partial charge is 0.398 e. The van der Waals surface area contributed by atoms with Gasteiger partial charge in [-0.3, -0.25) is 4.98 Å². The Morgan fingerprint density at radius 3 is 2.54 bits per heavy atom. The lowest BCUT2D eigenvalue weighted by Gasteiger charge is -2.12. The van der Waals surface area contributed by atoms with Gasteiger partial charge in [0, 0.05) is 47.8 Å². The highest BCUT2D eigenvalue weighted by Gasteiger charge is 2.20. The molecule has 3 aromatic rings. The van der Waals surface area contributed by atoms with Crippen molar-refractivity contribution in [2.75, 3.05) is 5.73 Å². The Morgan fingerprint density at radius 2 is 1.92 bits per heavy atom. The first-order valence-electron chi connectivity index (χ1n) is 8.09. The summed E-state index contributed by atoms with van der Waals surface area (Å²) in [6, 6.07) is 8.03. The van der Waals surface area contributed by atoms with Gasteiger partial charge in [0.25, 0.3) is 0 Å². The van der Waals surface area contributed by atoms with E-state index in [2.05, 4.69) is 36.2 Å². The predicted molar refractivity (Wildman–Crippen MR) is 102 cm³/mol. The molecule has 0 amide bonds. The van der Waals surface area contributed by atoms with Gasteiger partial charge in [-0.05, 0) is 49.6 Å². The highest BCUT2D eigenvalue weighted by Crippen LogP contribution is 2.37. The molecule has 2 heterocycles. The smallest absolute Gasteiger partial charge is 0.0583 e. The average Bonchev–Trinajstić information content (AvgIpc) is 2.82. The molecule has 0 aliphatic carbocycles. The van der Waals surface area contributed by atoms with Crippen molar-refractivity contribution < 1.29 is 0 Å². The first-order valence-corrected chi connectivity index (χ1v) is 8.09. The number of benzene rings is 1. The van der Waals surface area contributed by atoms with Gasteiger partial charge in [-0.2, -0.15) is 0 Å². The second kappa shape index (κ2) is 6.13. The second-order valence-corrected chi connectivity index (χ2v) is 6.44. The average molecular weight is 320 g/mol. The van der Waals surface area contributed by atoms with Crippen LogP contribution in [0.25, 0.3) is 22.0 Å². The molecule has 0 saturated carbocycles. The lowest BCUT2D eigenvalue weighted by atomic mass is 9.96. The third kappa shape index (κ3) is 2.59. The summed E-state index contributed by atoms with van der Waals surface area (Å²) < 4.78 is 2.21. The molecular weight excluding hydrogens is 296 g/mol. The summed E-state index contributed by atoms with van der Waals surface area (Å²) in [6.45, 7) is 8.08. The Kier molecular flexibility index (Phi) is 4.16. The molecule has 124 valence electrons. The molecule has 4 N–H and O–H groups in total. The molecule has 0 bridgehead atoms. The topological polar surface area (TPSA) is 69.9 Å². The summed E-state index contributed by atoms with van der Waals surface area (Å²) in [5.41, 5.74) is 20.2. The summed E-state index contributed by atoms with van der Waals surface area (Å²) in [5, 5.41) is 1.10. The number of aryl methyl sites for hydroxylation is 1. The second-order valence-electron chi connectivity index (χ2n) is 6.44. The van der Waals surface area contributed by atoms with Gasteiger partial charge in [-0.15, -0.1) is 0 Å². The Labute approximate surface area is 142 Å². The first-order chi connectivity index (χ1) is 11.4. The molecule has 0 aliphatic rings. The molecule has 1 aromatic carbocycles. The molecule has 3 rings (SSSR count). The summed E-state index contributed by atoms with van der Waals surface area (Å²) in [4.78, 5) is 4.11. The zero-order valence-electron chi connectivity index (χ0n) is 14.5. The maximum atomic E-state index is 6.35. The number of anilines is 1. The van der Waals surface area contributed by atoms with Crippen LogP contribution in [0.15, 0.2) is 48.8 Å². The molecule has 2 aromatic heterocycles. The van der Waals surface area contributed by atoms with Gasteiger partial charge in [0.05, 0.1) is 5.52 Å². The minimum Gasteiger partial charge on any atom is -0.398 e. The summed E-state index contributed by atoms with van der Waals surface area (Å²) in [7, 11) is 2.08. The fourth-order valence-electron chi connectivity index (χ4n) is 3.23. The molecule has 0 fully saturated rings. The van der Waals surface area contributed by atoms with Crippen LogP contribution in [-0.2, 0) is 13.5 Å². The minimum atomic E-state index is -0.0710. The van der Waals surface area contributed by atoms with E-state index in [9.17, 15) is 0 Å². The van der Waals surface area contributed by atoms with Gasteiger partial charge >= 0.3 is 0 Å². The van der Waals surface area contributed by atoms with Crippen LogP contribution in [0.1, 0.15) is 18.2 Å². The maximum Gasteiger partial charge on any atom is 0.0583 e. The number of rotatable bonds is 4. The van der Waals surface area contributed by atoms with E-state index in [0.29, 0.717) is 0 Å². The number of hydrogen-bond donors (Lipinski definition) is 2. The Balaban J connectivity index is 2.29. The summed E-state index contributed by atoms with van der Waals surface area (Å²) >= 11 is 0. The number of hydrogen-bond acceptors (Lipinski definition) is 3. The van der Waals surface area contributed by atoms with Crippen molar-refractivity contribution >= 4 is 16.6 Å². The van der Waals surface area contributed by atoms with Crippen LogP contribution in [0.4, 0.5) is 5.69 Å². The van der Waals surface area contributed by atoms with E-state index in [4.69, 9.17) is 11.5 Å². The van der Waals surface area contributed by atoms with Gasteiger partial charge in [0.1, 0.15) is 0 Å². The molecule has 4 heteroatoms. The highest BCUT2D eigenvalue weighted by atomic mass is 15.0. The van der Waals surface area contributed by atoms with Crippen LogP contribution in [0.3, 0.4) is 0 Å². The standard InChI is InChI=1S/C20H24N4/c1-12(2)18(22)11-16-13(3)24(4)20-15(5-6-17(21)19(16)20)14-7-9-23-10-8-14/h5-10,18H,1,11,21-22H2,2-4H3. The summed E-state index contributed by atoms with van der Waals surface area (Å²) in [5.74, 6) is 0. The Morgan fingerprint density at radius 1 is 1.25 bits per heavy atom. The molecule has 0 radical (unpaired) electrons. The van der Waals surface area contributed by atoms with Crippen molar-refractivity contribution in [1.29, 1.82) is 0 Å². The lowest BCUT2D eigenvalue weighted by molar-refractivity contribution is 0.759. The van der Waals surface area contributed by atoms with Crippen LogP contribution in [-0.4, -0.2) is 15.6 Å². The van der Waals surface area contributed by atoms with Gasteiger partial charge in [-0.25, -0.2) is 0 Å². The third-order valence-corrected chi connectivity index (χ3v) is 4.84. The van der Waals surface area contributed by atoms with Crippen molar-refractivity contribution in [2.45, 2.75) is 26.3 Å². The van der Waals surface area contributed by atoms with Crippen molar-refractivity contribution in [3.05, 3.63) is 60.1 Å². The SMILES string of the molecule is C=C(C)C(N)Cc1c(C)n(C)c2c(-c3ccncc3)ccc(N)c12. The zero-order chi connectivity index (χ0) is 17.4. The molecule has 24 heavy (non-hydrogen) atoms. The van der Waals surface area contributed by atoms with Crippen LogP contribution < -0.4 is 11.5 Å². The Hall–Kier alpha value is -2.59. The van der Waals surface area contributed by atoms with Crippen molar-refractivity contribution in [2.24, 2.45) is 12.8 Å². The number of pyridine rings is 1. The van der Waals surface area contributed by atoms with Crippen LogP contribution in [0.2, 0.25) is 0 Å². The molecule has 1 atom stereocenters. The van der Waals surface area contributed by atoms with E-state index in [0.717, 1.165) is 39.7 Å². The van der Waals surface area contributed by atoms with E-state index >= 15 is 0 Å². The number of nitrogen functional groups attached to an aromatic ring is 1. The van der Waals surface area contributed by atoms with Gasteiger partial charge in [-0.1, -0.05) is 18.2 Å². The van der Waals surface area contributed by atoms with E-state index in [1.165, 1.54) is 11.3 Å². The number of nitrogens with two attached hydrogens (primary N) is 2. The monoisotopic (exact) mass is 320 g/mol. The maximum absolute atomic E-state index is 6.35. The van der Waals surface area contributed by atoms with E-state index in [1.54, 1.807) is 0 Å². The lowest BCUT2D eigenvalue weighted by Crippen LogP contribution is -2.23. The first kappa shape index (κ1) is 16.3. The quantitative estimate of drug-likeness (QED) is 0.570. The van der Waals surface area contributed by atoms with Crippen LogP contribution in [0, 0.1) is 6.92 Å². The third-order valence-electron chi connectivity index (χ3n) is 4.84. The van der Waals surface area contributed by atoms with Gasteiger partial charge in [0.2, 0.25) is 0 Å². The van der Waals surface area contributed by atoms with Crippen molar-refractivity contribution in [3.8, 4) is 11.1 Å². The highest BCUT2D eigenvalue weighted by molar-refractivity contribution is 6.04. The molecular formula is C20H24N4. The van der Waals surface area contributed by atoms with E-state index in [1.807, 2.05) is 37.5 Å². The summed E-state index contributed by atoms with van der Waals surface area (Å²) in [6.07, 6.45) is 4.36.